The zero-order valence-corrected chi connectivity index (χ0v) is 12.5. The Hall–Kier alpha value is -2.33. The number of amides is 2. The molecule has 2 rings (SSSR count). The smallest absolute Gasteiger partial charge is 0.257 e. The van der Waals surface area contributed by atoms with E-state index in [1.807, 2.05) is 6.92 Å². The van der Waals surface area contributed by atoms with E-state index in [9.17, 15) is 9.59 Å². The highest BCUT2D eigenvalue weighted by Crippen LogP contribution is 2.21. The fourth-order valence-electron chi connectivity index (χ4n) is 1.92. The van der Waals surface area contributed by atoms with Crippen LogP contribution in [0.5, 0.6) is 0 Å². The quantitative estimate of drug-likeness (QED) is 0.904. The van der Waals surface area contributed by atoms with Crippen LogP contribution in [-0.4, -0.2) is 11.8 Å². The lowest BCUT2D eigenvalue weighted by Crippen LogP contribution is -2.13. The average Bonchev–Trinajstić information content (AvgIpc) is 2.42. The molecule has 2 aromatic rings. The van der Waals surface area contributed by atoms with Gasteiger partial charge in [0.25, 0.3) is 5.91 Å². The Balaban J connectivity index is 2.17. The maximum atomic E-state index is 12.1. The summed E-state index contributed by atoms with van der Waals surface area (Å²) in [5.74, 6) is -0.404. The van der Waals surface area contributed by atoms with Crippen molar-refractivity contribution in [1.82, 2.24) is 0 Å². The van der Waals surface area contributed by atoms with Gasteiger partial charge in [0, 0.05) is 18.3 Å². The second-order valence-corrected chi connectivity index (χ2v) is 5.05. The first-order chi connectivity index (χ1) is 9.97. The van der Waals surface area contributed by atoms with Gasteiger partial charge in [-0.05, 0) is 42.8 Å². The summed E-state index contributed by atoms with van der Waals surface area (Å²) in [5.41, 5.74) is 2.65. The lowest BCUT2D eigenvalue weighted by Gasteiger charge is -2.10. The molecule has 0 aliphatic rings. The molecule has 0 heterocycles. The van der Waals surface area contributed by atoms with Crippen LogP contribution in [0.2, 0.25) is 5.02 Å². The van der Waals surface area contributed by atoms with Crippen LogP contribution < -0.4 is 10.6 Å². The predicted molar refractivity (Wildman–Crippen MR) is 84.9 cm³/mol. The lowest BCUT2D eigenvalue weighted by molar-refractivity contribution is -0.114. The summed E-state index contributed by atoms with van der Waals surface area (Å²) in [7, 11) is 0. The zero-order chi connectivity index (χ0) is 15.4. The molecule has 5 heteroatoms. The number of carbonyl (C=O) groups excluding carboxylic acids is 2. The van der Waals surface area contributed by atoms with Crippen molar-refractivity contribution in [2.45, 2.75) is 13.8 Å². The molecule has 0 spiro atoms. The summed E-state index contributed by atoms with van der Waals surface area (Å²) in [6.45, 7) is 3.31. The third kappa shape index (κ3) is 3.83. The summed E-state index contributed by atoms with van der Waals surface area (Å²) >= 11 is 5.99. The molecule has 0 aromatic heterocycles. The van der Waals surface area contributed by atoms with E-state index in [2.05, 4.69) is 10.6 Å². The van der Waals surface area contributed by atoms with Gasteiger partial charge in [0.05, 0.1) is 10.6 Å². The molecule has 21 heavy (non-hydrogen) atoms. The van der Waals surface area contributed by atoms with Gasteiger partial charge >= 0.3 is 0 Å². The molecule has 2 N–H and O–H groups in total. The van der Waals surface area contributed by atoms with Crippen LogP contribution in [-0.2, 0) is 4.79 Å². The molecule has 2 amide bonds. The number of hydrogen-bond donors (Lipinski definition) is 2. The minimum absolute atomic E-state index is 0.133. The van der Waals surface area contributed by atoms with E-state index in [0.717, 1.165) is 11.3 Å². The van der Waals surface area contributed by atoms with Crippen LogP contribution in [0.3, 0.4) is 0 Å². The lowest BCUT2D eigenvalue weighted by atomic mass is 10.1. The summed E-state index contributed by atoms with van der Waals surface area (Å²) in [6.07, 6.45) is 0. The average molecular weight is 303 g/mol. The van der Waals surface area contributed by atoms with Crippen molar-refractivity contribution in [3.63, 3.8) is 0 Å². The zero-order valence-electron chi connectivity index (χ0n) is 11.7. The molecule has 0 radical (unpaired) electrons. The Labute approximate surface area is 128 Å². The van der Waals surface area contributed by atoms with E-state index in [1.165, 1.54) is 6.92 Å². The van der Waals surface area contributed by atoms with Crippen molar-refractivity contribution < 1.29 is 9.59 Å². The van der Waals surface area contributed by atoms with E-state index in [4.69, 9.17) is 11.6 Å². The largest absolute Gasteiger partial charge is 0.326 e. The van der Waals surface area contributed by atoms with E-state index >= 15 is 0 Å². The highest BCUT2D eigenvalue weighted by atomic mass is 35.5. The van der Waals surface area contributed by atoms with E-state index in [1.54, 1.807) is 42.5 Å². The molecule has 2 aromatic carbocycles. The summed E-state index contributed by atoms with van der Waals surface area (Å²) in [6, 6.07) is 12.1. The van der Waals surface area contributed by atoms with Gasteiger partial charge in [-0.25, -0.2) is 0 Å². The number of carbonyl (C=O) groups is 2. The van der Waals surface area contributed by atoms with Gasteiger partial charge in [0.15, 0.2) is 0 Å². The summed E-state index contributed by atoms with van der Waals surface area (Å²) in [5, 5.41) is 5.91. The van der Waals surface area contributed by atoms with Gasteiger partial charge in [-0.3, -0.25) is 9.59 Å². The Bertz CT molecular complexity index is 698. The minimum Gasteiger partial charge on any atom is -0.326 e. The molecular weight excluding hydrogens is 288 g/mol. The fourth-order valence-corrected chi connectivity index (χ4v) is 2.14. The molecule has 0 aliphatic carbocycles. The number of halogens is 1. The number of rotatable bonds is 3. The number of hydrogen-bond acceptors (Lipinski definition) is 2. The van der Waals surface area contributed by atoms with Gasteiger partial charge in [-0.2, -0.15) is 0 Å². The van der Waals surface area contributed by atoms with Crippen LogP contribution in [0.1, 0.15) is 22.8 Å². The van der Waals surface area contributed by atoms with Crippen LogP contribution >= 0.6 is 11.6 Å². The molecular formula is C16H15ClN2O2. The van der Waals surface area contributed by atoms with Crippen LogP contribution in [0.25, 0.3) is 0 Å². The van der Waals surface area contributed by atoms with Crippen molar-refractivity contribution in [2.75, 3.05) is 10.6 Å². The highest BCUT2D eigenvalue weighted by Gasteiger charge is 2.10. The normalized spacial score (nSPS) is 10.0. The SMILES string of the molecule is CC(=O)Nc1ccc(NC(=O)c2ccccc2Cl)cc1C. The standard InChI is InChI=1S/C16H15ClN2O2/c1-10-9-12(7-8-15(10)18-11(2)20)19-16(21)13-5-3-4-6-14(13)17/h3-9H,1-2H3,(H,18,20)(H,19,21). The Morgan fingerprint density at radius 3 is 2.38 bits per heavy atom. The number of aryl methyl sites for hydroxylation is 1. The molecule has 0 atom stereocenters. The second kappa shape index (κ2) is 6.41. The predicted octanol–water partition coefficient (Wildman–Crippen LogP) is 3.86. The first-order valence-corrected chi connectivity index (χ1v) is 6.79. The van der Waals surface area contributed by atoms with E-state index in [0.29, 0.717) is 16.3 Å². The van der Waals surface area contributed by atoms with Gasteiger partial charge in [0.1, 0.15) is 0 Å². The molecule has 0 aliphatic heterocycles. The molecule has 0 fully saturated rings. The molecule has 0 saturated heterocycles. The topological polar surface area (TPSA) is 58.2 Å². The highest BCUT2D eigenvalue weighted by molar-refractivity contribution is 6.34. The molecule has 108 valence electrons. The molecule has 0 bridgehead atoms. The first kappa shape index (κ1) is 15.1. The third-order valence-electron chi connectivity index (χ3n) is 2.91. The Kier molecular flexibility index (Phi) is 4.60. The van der Waals surface area contributed by atoms with Gasteiger partial charge in [0.2, 0.25) is 5.91 Å². The van der Waals surface area contributed by atoms with Crippen molar-refractivity contribution in [3.05, 3.63) is 58.6 Å². The minimum atomic E-state index is -0.271. The maximum absolute atomic E-state index is 12.1. The van der Waals surface area contributed by atoms with Crippen molar-refractivity contribution in [1.29, 1.82) is 0 Å². The maximum Gasteiger partial charge on any atom is 0.257 e. The van der Waals surface area contributed by atoms with Crippen LogP contribution in [0.15, 0.2) is 42.5 Å². The van der Waals surface area contributed by atoms with E-state index in [-0.39, 0.29) is 11.8 Å². The second-order valence-electron chi connectivity index (χ2n) is 4.64. The monoisotopic (exact) mass is 302 g/mol. The fraction of sp³-hybridized carbons (Fsp3) is 0.125. The summed E-state index contributed by atoms with van der Waals surface area (Å²) < 4.78 is 0. The Morgan fingerprint density at radius 1 is 1.05 bits per heavy atom. The van der Waals surface area contributed by atoms with E-state index < -0.39 is 0 Å². The number of nitrogens with one attached hydrogen (secondary N) is 2. The van der Waals surface area contributed by atoms with Gasteiger partial charge < -0.3 is 10.6 Å². The van der Waals surface area contributed by atoms with Gasteiger partial charge in [-0.1, -0.05) is 23.7 Å². The van der Waals surface area contributed by atoms with Crippen molar-refractivity contribution in [2.24, 2.45) is 0 Å². The third-order valence-corrected chi connectivity index (χ3v) is 3.24. The van der Waals surface area contributed by atoms with Crippen LogP contribution in [0, 0.1) is 6.92 Å². The molecule has 0 saturated carbocycles. The van der Waals surface area contributed by atoms with Crippen molar-refractivity contribution in [3.8, 4) is 0 Å². The number of benzene rings is 2. The molecule has 0 unspecified atom stereocenters. The van der Waals surface area contributed by atoms with Crippen molar-refractivity contribution >= 4 is 34.8 Å². The summed E-state index contributed by atoms with van der Waals surface area (Å²) in [4.78, 5) is 23.2. The first-order valence-electron chi connectivity index (χ1n) is 6.41. The molecule has 4 nitrogen and oxygen atoms in total. The van der Waals surface area contributed by atoms with Crippen LogP contribution in [0.4, 0.5) is 11.4 Å². The number of anilines is 2. The Morgan fingerprint density at radius 2 is 1.76 bits per heavy atom. The van der Waals surface area contributed by atoms with Gasteiger partial charge in [-0.15, -0.1) is 0 Å².